The van der Waals surface area contributed by atoms with Gasteiger partial charge in [-0.05, 0) is 58.9 Å². The van der Waals surface area contributed by atoms with E-state index in [0.29, 0.717) is 11.8 Å². The second-order valence-electron chi connectivity index (χ2n) is 9.02. The maximum Gasteiger partial charge on any atom is 0.142 e. The molecule has 4 heteroatoms. The molecule has 0 N–H and O–H groups in total. The van der Waals surface area contributed by atoms with Crippen LogP contribution < -0.4 is 0 Å². The van der Waals surface area contributed by atoms with Gasteiger partial charge in [0.25, 0.3) is 0 Å². The lowest BCUT2D eigenvalue weighted by atomic mass is 9.88. The van der Waals surface area contributed by atoms with E-state index in [9.17, 15) is 4.39 Å². The van der Waals surface area contributed by atoms with Gasteiger partial charge in [-0.25, -0.2) is 9.37 Å². The molecule has 0 unspecified atom stereocenters. The number of aromatic nitrogens is 2. The molecule has 0 saturated heterocycles. The van der Waals surface area contributed by atoms with Crippen molar-refractivity contribution in [3.05, 3.63) is 88.6 Å². The first-order chi connectivity index (χ1) is 15.4. The Bertz CT molecular complexity index is 1400. The van der Waals surface area contributed by atoms with Gasteiger partial charge in [-0.1, -0.05) is 58.0 Å². The first kappa shape index (κ1) is 20.9. The van der Waals surface area contributed by atoms with Gasteiger partial charge in [0.15, 0.2) is 0 Å². The molecule has 2 heterocycles. The number of rotatable bonds is 5. The molecule has 0 amide bonds. The minimum atomic E-state index is -0.216. The van der Waals surface area contributed by atoms with Crippen LogP contribution in [0.5, 0.6) is 0 Å². The van der Waals surface area contributed by atoms with Gasteiger partial charge in [-0.3, -0.25) is 0 Å². The van der Waals surface area contributed by atoms with Crippen LogP contribution in [0.4, 0.5) is 4.39 Å². The van der Waals surface area contributed by atoms with E-state index in [4.69, 9.17) is 4.98 Å². The summed E-state index contributed by atoms with van der Waals surface area (Å²) in [4.78, 5) is 5.03. The highest BCUT2D eigenvalue weighted by atomic mass is 32.1. The summed E-state index contributed by atoms with van der Waals surface area (Å²) >= 11 is 1.64. The van der Waals surface area contributed by atoms with Crippen molar-refractivity contribution in [1.29, 1.82) is 0 Å². The van der Waals surface area contributed by atoms with Gasteiger partial charge in [0.2, 0.25) is 0 Å². The molecule has 0 aliphatic rings. The summed E-state index contributed by atoms with van der Waals surface area (Å²) in [7, 11) is 0. The average molecular weight is 443 g/mol. The predicted octanol–water partition coefficient (Wildman–Crippen LogP) is 8.35. The highest BCUT2D eigenvalue weighted by Crippen LogP contribution is 2.37. The molecule has 0 spiro atoms. The van der Waals surface area contributed by atoms with Crippen LogP contribution in [0.15, 0.2) is 66.0 Å². The van der Waals surface area contributed by atoms with Crippen LogP contribution in [0.25, 0.3) is 32.5 Å². The number of hydrogen-bond acceptors (Lipinski definition) is 2. The maximum absolute atomic E-state index is 14.1. The largest absolute Gasteiger partial charge is 0.319 e. The van der Waals surface area contributed by atoms with Crippen LogP contribution in [0, 0.1) is 5.82 Å². The predicted molar refractivity (Wildman–Crippen MR) is 134 cm³/mol. The SMILES string of the molecule is CC(C)c1cccc(C(C)C)c1Cn1c(-c2csc3ccc(F)cc23)nc2ccccc21. The van der Waals surface area contributed by atoms with Crippen LogP contribution in [0.3, 0.4) is 0 Å². The number of fused-ring (bicyclic) bond motifs is 2. The molecule has 0 radical (unpaired) electrons. The van der Waals surface area contributed by atoms with E-state index < -0.39 is 0 Å². The van der Waals surface area contributed by atoms with E-state index in [-0.39, 0.29) is 5.82 Å². The quantitative estimate of drug-likeness (QED) is 0.267. The normalized spacial score (nSPS) is 12.0. The van der Waals surface area contributed by atoms with E-state index in [1.165, 1.54) is 22.8 Å². The summed E-state index contributed by atoms with van der Waals surface area (Å²) in [5, 5.41) is 3.03. The summed E-state index contributed by atoms with van der Waals surface area (Å²) in [6.45, 7) is 9.76. The first-order valence-electron chi connectivity index (χ1n) is 11.2. The summed E-state index contributed by atoms with van der Waals surface area (Å²) in [5.74, 6) is 1.54. The van der Waals surface area contributed by atoms with Crippen LogP contribution in [-0.4, -0.2) is 9.55 Å². The van der Waals surface area contributed by atoms with Gasteiger partial charge in [0, 0.05) is 21.0 Å². The van der Waals surface area contributed by atoms with Crippen molar-refractivity contribution in [2.75, 3.05) is 0 Å². The fraction of sp³-hybridized carbons (Fsp3) is 0.250. The lowest BCUT2D eigenvalue weighted by Gasteiger charge is -2.21. The smallest absolute Gasteiger partial charge is 0.142 e. The summed E-state index contributed by atoms with van der Waals surface area (Å²) in [6, 6.07) is 20.0. The van der Waals surface area contributed by atoms with Crippen molar-refractivity contribution in [3.63, 3.8) is 0 Å². The number of benzene rings is 3. The molecule has 2 aromatic heterocycles. The average Bonchev–Trinajstić information content (AvgIpc) is 3.34. The third kappa shape index (κ3) is 3.53. The highest BCUT2D eigenvalue weighted by Gasteiger charge is 2.20. The molecule has 32 heavy (non-hydrogen) atoms. The van der Waals surface area contributed by atoms with E-state index >= 15 is 0 Å². The van der Waals surface area contributed by atoms with Crippen molar-refractivity contribution < 1.29 is 4.39 Å². The van der Waals surface area contributed by atoms with E-state index in [0.717, 1.165) is 39.1 Å². The lowest BCUT2D eigenvalue weighted by molar-refractivity contribution is 0.630. The number of hydrogen-bond donors (Lipinski definition) is 0. The third-order valence-electron chi connectivity index (χ3n) is 6.24. The first-order valence-corrected chi connectivity index (χ1v) is 12.1. The highest BCUT2D eigenvalue weighted by molar-refractivity contribution is 7.17. The van der Waals surface area contributed by atoms with E-state index in [1.54, 1.807) is 17.4 Å². The summed E-state index contributed by atoms with van der Waals surface area (Å²) in [6.07, 6.45) is 0. The number of nitrogens with zero attached hydrogens (tertiary/aromatic N) is 2. The van der Waals surface area contributed by atoms with Gasteiger partial charge < -0.3 is 4.57 Å². The Morgan fingerprint density at radius 3 is 2.34 bits per heavy atom. The molecular weight excluding hydrogens is 415 g/mol. The van der Waals surface area contributed by atoms with Crippen molar-refractivity contribution >= 4 is 32.5 Å². The van der Waals surface area contributed by atoms with Crippen molar-refractivity contribution in [2.24, 2.45) is 0 Å². The van der Waals surface area contributed by atoms with Crippen LogP contribution in [0.2, 0.25) is 0 Å². The topological polar surface area (TPSA) is 17.8 Å². The standard InChI is InChI=1S/C28H27FN2S/c1-17(2)20-8-7-9-21(18(3)4)23(20)15-31-26-11-6-5-10-25(26)30-28(31)24-16-32-27-13-12-19(29)14-22(24)27/h5-14,16-18H,15H2,1-4H3. The Hall–Kier alpha value is -2.98. The van der Waals surface area contributed by atoms with Crippen LogP contribution in [-0.2, 0) is 6.54 Å². The van der Waals surface area contributed by atoms with E-state index in [1.807, 2.05) is 12.1 Å². The van der Waals surface area contributed by atoms with Crippen molar-refractivity contribution in [1.82, 2.24) is 9.55 Å². The van der Waals surface area contributed by atoms with Crippen LogP contribution in [0.1, 0.15) is 56.2 Å². The second kappa shape index (κ2) is 8.18. The molecular formula is C28H27FN2S. The van der Waals surface area contributed by atoms with Gasteiger partial charge in [0.05, 0.1) is 17.6 Å². The van der Waals surface area contributed by atoms with Crippen molar-refractivity contribution in [2.45, 2.75) is 46.1 Å². The molecule has 0 aliphatic heterocycles. The molecule has 2 nitrogen and oxygen atoms in total. The summed E-state index contributed by atoms with van der Waals surface area (Å²) < 4.78 is 17.5. The molecule has 5 aromatic rings. The number of halogens is 1. The molecule has 0 bridgehead atoms. The molecule has 5 rings (SSSR count). The minimum absolute atomic E-state index is 0.216. The molecule has 0 aliphatic carbocycles. The summed E-state index contributed by atoms with van der Waals surface area (Å²) in [5.41, 5.74) is 7.18. The second-order valence-corrected chi connectivity index (χ2v) is 9.94. The van der Waals surface area contributed by atoms with Crippen LogP contribution >= 0.6 is 11.3 Å². The van der Waals surface area contributed by atoms with Gasteiger partial charge >= 0.3 is 0 Å². The molecule has 162 valence electrons. The molecule has 0 saturated carbocycles. The Morgan fingerprint density at radius 1 is 0.906 bits per heavy atom. The minimum Gasteiger partial charge on any atom is -0.319 e. The Kier molecular flexibility index (Phi) is 5.34. The number of imidazole rings is 1. The lowest BCUT2D eigenvalue weighted by Crippen LogP contribution is -2.10. The molecule has 0 fully saturated rings. The zero-order valence-electron chi connectivity index (χ0n) is 18.9. The fourth-order valence-electron chi connectivity index (χ4n) is 4.66. The number of thiophene rings is 1. The van der Waals surface area contributed by atoms with Gasteiger partial charge in [0.1, 0.15) is 11.6 Å². The van der Waals surface area contributed by atoms with Gasteiger partial charge in [-0.2, -0.15) is 0 Å². The Morgan fingerprint density at radius 2 is 1.62 bits per heavy atom. The molecule has 3 aromatic carbocycles. The molecule has 0 atom stereocenters. The Balaban J connectivity index is 1.77. The maximum atomic E-state index is 14.1. The third-order valence-corrected chi connectivity index (χ3v) is 7.20. The van der Waals surface area contributed by atoms with Crippen molar-refractivity contribution in [3.8, 4) is 11.4 Å². The van der Waals surface area contributed by atoms with E-state index in [2.05, 4.69) is 74.0 Å². The fourth-order valence-corrected chi connectivity index (χ4v) is 5.58. The number of para-hydroxylation sites is 2. The Labute approximate surface area is 192 Å². The monoisotopic (exact) mass is 442 g/mol. The zero-order valence-corrected chi connectivity index (χ0v) is 19.7. The van der Waals surface area contributed by atoms with Gasteiger partial charge in [-0.15, -0.1) is 11.3 Å². The zero-order chi connectivity index (χ0) is 22.4.